The van der Waals surface area contributed by atoms with E-state index < -0.39 is 52.1 Å². The summed E-state index contributed by atoms with van der Waals surface area (Å²) in [5.41, 5.74) is 16.8. The van der Waals surface area contributed by atoms with Gasteiger partial charge in [-0.05, 0) is 90.0 Å². The number of carbonyl (C=O) groups excluding carboxylic acids is 2. The summed E-state index contributed by atoms with van der Waals surface area (Å²) < 4.78 is 42.0. The minimum Gasteiger partial charge on any atom is -0.486 e. The number of oxime groups is 1. The molecule has 3 atom stereocenters. The van der Waals surface area contributed by atoms with E-state index in [-0.39, 0.29) is 28.1 Å². The van der Waals surface area contributed by atoms with Crippen molar-refractivity contribution in [1.82, 2.24) is 15.4 Å². The van der Waals surface area contributed by atoms with Gasteiger partial charge < -0.3 is 37.2 Å². The number of hydrogen-bond acceptors (Lipinski definition) is 14. The minimum atomic E-state index is -4.99. The number of carbonyl (C=O) groups is 2. The summed E-state index contributed by atoms with van der Waals surface area (Å²) in [6.45, 7) is 5.92. The maximum Gasteiger partial charge on any atom is 0.418 e. The molecule has 0 spiro atoms. The number of hydroxylamine groups is 2. The van der Waals surface area contributed by atoms with Crippen molar-refractivity contribution in [3.63, 3.8) is 0 Å². The fraction of sp³-hybridized carbons (Fsp3) is 0.567. The van der Waals surface area contributed by atoms with Crippen molar-refractivity contribution in [1.29, 1.82) is 0 Å². The van der Waals surface area contributed by atoms with Crippen LogP contribution < -0.4 is 27.3 Å². The number of thiazole rings is 1. The highest BCUT2D eigenvalue weighted by Crippen LogP contribution is 2.35. The number of nitrogens with two attached hydrogens (primary N) is 3. The molecule has 3 heterocycles. The quantitative estimate of drug-likeness (QED) is 0.0617. The van der Waals surface area contributed by atoms with E-state index >= 15 is 0 Å². The van der Waals surface area contributed by atoms with Crippen LogP contribution in [-0.2, 0) is 35.5 Å². The minimum absolute atomic E-state index is 0.0304. The number of amides is 2. The molecule has 3 aliphatic rings. The highest BCUT2D eigenvalue weighted by atomic mass is 32.3. The average molecular weight is 723 g/mol. The second kappa shape index (κ2) is 13.4. The van der Waals surface area contributed by atoms with Gasteiger partial charge in [0, 0.05) is 16.5 Å². The molecule has 1 aromatic carbocycles. The Morgan fingerprint density at radius 2 is 1.96 bits per heavy atom. The number of β-lactam (4-membered cyclic amide) rings is 1. The van der Waals surface area contributed by atoms with E-state index in [1.165, 1.54) is 19.2 Å². The number of nitrogens with one attached hydrogen (secondary N) is 1. The van der Waals surface area contributed by atoms with Gasteiger partial charge in [-0.2, -0.15) is 13.5 Å². The molecule has 17 nitrogen and oxygen atoms in total. The fourth-order valence-electron chi connectivity index (χ4n) is 6.00. The zero-order valence-electron chi connectivity index (χ0n) is 27.6. The lowest BCUT2D eigenvalue weighted by Crippen LogP contribution is -2.76. The van der Waals surface area contributed by atoms with Crippen LogP contribution in [0.15, 0.2) is 33.7 Å². The van der Waals surface area contributed by atoms with Crippen LogP contribution in [0, 0.1) is 0 Å². The van der Waals surface area contributed by atoms with Gasteiger partial charge in [-0.3, -0.25) is 19.1 Å². The topological polar surface area (TPSA) is 267 Å². The first-order valence-corrected chi connectivity index (χ1v) is 17.9. The van der Waals surface area contributed by atoms with E-state index in [2.05, 4.69) is 26.7 Å². The average Bonchev–Trinajstić information content (AvgIpc) is 3.47. The number of amidine groups is 1. The number of benzene rings is 1. The molecule has 49 heavy (non-hydrogen) atoms. The van der Waals surface area contributed by atoms with Gasteiger partial charge in [0.05, 0.1) is 18.2 Å². The third-order valence-electron chi connectivity index (χ3n) is 9.16. The number of aliphatic hydroxyl groups is 1. The molecule has 2 fully saturated rings. The van der Waals surface area contributed by atoms with Crippen LogP contribution in [-0.4, -0.2) is 93.0 Å². The van der Waals surface area contributed by atoms with Crippen LogP contribution in [0.5, 0.6) is 5.75 Å². The summed E-state index contributed by atoms with van der Waals surface area (Å²) in [6, 6.07) is 4.42. The van der Waals surface area contributed by atoms with Crippen LogP contribution in [0.4, 0.5) is 5.13 Å². The first-order chi connectivity index (χ1) is 22.8. The number of aromatic nitrogens is 1. The number of aliphatic imine (C=N–C) groups is 1. The number of aliphatic hydroxyl groups excluding tert-OH is 1. The Morgan fingerprint density at radius 3 is 2.55 bits per heavy atom. The van der Waals surface area contributed by atoms with Crippen molar-refractivity contribution < 1.29 is 41.5 Å². The summed E-state index contributed by atoms with van der Waals surface area (Å²) in [6.07, 6.45) is 3.84. The molecule has 268 valence electrons. The van der Waals surface area contributed by atoms with Gasteiger partial charge in [0.2, 0.25) is 0 Å². The third-order valence-corrected chi connectivity index (χ3v) is 10.2. The molecule has 9 N–H and O–H groups in total. The molecule has 0 unspecified atom stereocenters. The summed E-state index contributed by atoms with van der Waals surface area (Å²) in [5.74, 6) is -0.819. The number of nitrogens with zero attached hydrogens (tertiary/aromatic N) is 4. The summed E-state index contributed by atoms with van der Waals surface area (Å²) in [4.78, 5) is 40.8. The van der Waals surface area contributed by atoms with E-state index in [0.29, 0.717) is 29.5 Å². The van der Waals surface area contributed by atoms with Gasteiger partial charge >= 0.3 is 10.4 Å². The lowest BCUT2D eigenvalue weighted by atomic mass is 9.82. The van der Waals surface area contributed by atoms with Gasteiger partial charge in [0.15, 0.2) is 16.4 Å². The van der Waals surface area contributed by atoms with Crippen molar-refractivity contribution in [2.75, 3.05) is 12.3 Å². The van der Waals surface area contributed by atoms with Gasteiger partial charge in [-0.15, -0.1) is 15.6 Å². The molecule has 2 aromatic rings. The highest BCUT2D eigenvalue weighted by Gasteiger charge is 2.58. The number of nitrogen functional groups attached to an aromatic ring is 1. The zero-order valence-corrected chi connectivity index (χ0v) is 29.2. The van der Waals surface area contributed by atoms with Crippen molar-refractivity contribution in [3.8, 4) is 5.75 Å². The molecule has 1 saturated heterocycles. The third kappa shape index (κ3) is 7.97. The summed E-state index contributed by atoms with van der Waals surface area (Å²) >= 11 is 1.03. The fourth-order valence-corrected chi connectivity index (χ4v) is 7.00. The smallest absolute Gasteiger partial charge is 0.418 e. The molecule has 0 bridgehead atoms. The molecular weight excluding hydrogens is 681 g/mol. The van der Waals surface area contributed by atoms with Crippen molar-refractivity contribution in [3.05, 3.63) is 40.4 Å². The molecule has 1 saturated carbocycles. The Balaban J connectivity index is 1.30. The van der Waals surface area contributed by atoms with E-state index in [9.17, 15) is 23.1 Å². The second-order valence-corrected chi connectivity index (χ2v) is 15.5. The van der Waals surface area contributed by atoms with Crippen LogP contribution in [0.25, 0.3) is 0 Å². The maximum atomic E-state index is 13.5. The molecule has 5 rings (SSSR count). The standard InChI is InChI=1S/C30H42N8O9S2/c1-28(2)23(26(41)38(28)47-49(42,43)44)36-25(40)22(19-14-48-27(32)35-19)37-46-30(4,15-39)21-8-6-16-13-17(5-7-20(16)45-21)24(31)34-18-9-11-29(3,33)12-10-18/h5,7,13-14,18,21,23,39H,6,8-12,15,33H2,1-4H3,(H2,31,34)(H2,32,35)(H,36,40)(H,42,43,44)/b37-22-/t18?,21-,23-,29?,30-/m1/s1. The largest absolute Gasteiger partial charge is 0.486 e. The molecule has 2 amide bonds. The number of aryl methyl sites for hydroxylation is 1. The van der Waals surface area contributed by atoms with Crippen LogP contribution in [0.3, 0.4) is 0 Å². The summed E-state index contributed by atoms with van der Waals surface area (Å²) in [7, 11) is -4.99. The van der Waals surface area contributed by atoms with Gasteiger partial charge in [0.1, 0.15) is 29.4 Å². The molecule has 0 radical (unpaired) electrons. The van der Waals surface area contributed by atoms with E-state index in [0.717, 1.165) is 48.1 Å². The van der Waals surface area contributed by atoms with E-state index in [1.807, 2.05) is 12.1 Å². The van der Waals surface area contributed by atoms with Crippen LogP contribution >= 0.6 is 11.3 Å². The number of fused-ring (bicyclic) bond motifs is 1. The second-order valence-electron chi connectivity index (χ2n) is 13.6. The maximum absolute atomic E-state index is 13.5. The molecule has 1 aliphatic carbocycles. The lowest BCUT2D eigenvalue weighted by molar-refractivity contribution is -0.218. The SMILES string of the molecule is CC1(N)CCC(N=C(N)c2ccc3c(c2)CC[C@H]([C@@](C)(CO)O/N=C(\C(=O)N[C@@H]2C(=O)N(OS(=O)(=O)O)C2(C)C)c2csc(N)n2)O3)CC1. The van der Waals surface area contributed by atoms with Gasteiger partial charge in [-0.25, -0.2) is 4.98 Å². The molecule has 1 aromatic heterocycles. The van der Waals surface area contributed by atoms with Crippen molar-refractivity contribution in [2.24, 2.45) is 21.6 Å². The predicted molar refractivity (Wildman–Crippen MR) is 180 cm³/mol. The Labute approximate surface area is 287 Å². The van der Waals surface area contributed by atoms with Crippen LogP contribution in [0.2, 0.25) is 0 Å². The Kier molecular flexibility index (Phi) is 9.99. The van der Waals surface area contributed by atoms with Crippen LogP contribution in [0.1, 0.15) is 76.6 Å². The van der Waals surface area contributed by atoms with Crippen molar-refractivity contribution in [2.45, 2.75) is 101 Å². The number of hydrogen-bond donors (Lipinski definition) is 6. The number of ether oxygens (including phenoxy) is 1. The Morgan fingerprint density at radius 1 is 1.27 bits per heavy atom. The Bertz CT molecular complexity index is 1770. The van der Waals surface area contributed by atoms with Gasteiger partial charge in [-0.1, -0.05) is 5.16 Å². The number of rotatable bonds is 11. The molecule has 2 aliphatic heterocycles. The first-order valence-electron chi connectivity index (χ1n) is 15.6. The Hall–Kier alpha value is -3.88. The first kappa shape index (κ1) is 36.4. The monoisotopic (exact) mass is 722 g/mol. The van der Waals surface area contributed by atoms with E-state index in [4.69, 9.17) is 36.3 Å². The van der Waals surface area contributed by atoms with E-state index in [1.54, 1.807) is 13.0 Å². The van der Waals surface area contributed by atoms with Crippen molar-refractivity contribution >= 4 is 50.2 Å². The summed E-state index contributed by atoms with van der Waals surface area (Å²) in [5, 5.41) is 19.0. The van der Waals surface area contributed by atoms with Gasteiger partial charge in [0.25, 0.3) is 11.8 Å². The molecule has 19 heteroatoms. The molecular formula is C30H42N8O9S2. The lowest BCUT2D eigenvalue weighted by Gasteiger charge is -2.50. The predicted octanol–water partition coefficient (Wildman–Crippen LogP) is 0.796. The zero-order chi connectivity index (χ0) is 35.9. The normalized spacial score (nSPS) is 27.0. The number of anilines is 1. The highest BCUT2D eigenvalue weighted by molar-refractivity contribution is 7.80.